The second kappa shape index (κ2) is 10.7. The average Bonchev–Trinajstić information content (AvgIpc) is 3.32. The van der Waals surface area contributed by atoms with Crippen LogP contribution in [0.15, 0.2) is 35.5 Å². The van der Waals surface area contributed by atoms with Crippen molar-refractivity contribution in [1.29, 1.82) is 0 Å². The van der Waals surface area contributed by atoms with Gasteiger partial charge in [0, 0.05) is 32.0 Å². The van der Waals surface area contributed by atoms with Gasteiger partial charge < -0.3 is 24.5 Å². The van der Waals surface area contributed by atoms with Gasteiger partial charge in [0.05, 0.1) is 18.9 Å². The first-order chi connectivity index (χ1) is 16.0. The zero-order valence-corrected chi connectivity index (χ0v) is 19.2. The summed E-state index contributed by atoms with van der Waals surface area (Å²) in [6.07, 6.45) is 6.39. The smallest absolute Gasteiger partial charge is 0.407 e. The molecule has 2 saturated heterocycles. The predicted molar refractivity (Wildman–Crippen MR) is 125 cm³/mol. The summed E-state index contributed by atoms with van der Waals surface area (Å²) in [6, 6.07) is 8.18. The number of oxime groups is 1. The highest BCUT2D eigenvalue weighted by Gasteiger charge is 2.30. The number of nitrogens with zero attached hydrogens (tertiary/aromatic N) is 3. The second-order valence-electron chi connectivity index (χ2n) is 9.10. The number of piperidine rings is 1. The average molecular weight is 456 g/mol. The fourth-order valence-corrected chi connectivity index (χ4v) is 4.88. The molecular weight excluding hydrogens is 422 g/mol. The summed E-state index contributed by atoms with van der Waals surface area (Å²) in [7, 11) is 1.54. The van der Waals surface area contributed by atoms with Crippen molar-refractivity contribution >= 4 is 23.3 Å². The Balaban J connectivity index is 1.24. The summed E-state index contributed by atoms with van der Waals surface area (Å²) >= 11 is 0. The Kier molecular flexibility index (Phi) is 7.52. The van der Waals surface area contributed by atoms with Crippen LogP contribution in [0.1, 0.15) is 44.1 Å². The molecule has 1 aromatic rings. The minimum atomic E-state index is -0.834. The normalized spacial score (nSPS) is 22.9. The molecule has 1 unspecified atom stereocenters. The van der Waals surface area contributed by atoms with Gasteiger partial charge in [-0.2, -0.15) is 0 Å². The Labute approximate surface area is 194 Å². The quantitative estimate of drug-likeness (QED) is 0.658. The van der Waals surface area contributed by atoms with Crippen LogP contribution in [0.3, 0.4) is 0 Å². The molecule has 3 aliphatic rings. The van der Waals surface area contributed by atoms with E-state index in [1.165, 1.54) is 23.1 Å². The molecular formula is C25H33N3O5. The van der Waals surface area contributed by atoms with Crippen molar-refractivity contribution in [2.45, 2.75) is 38.5 Å². The van der Waals surface area contributed by atoms with Gasteiger partial charge in [-0.1, -0.05) is 23.4 Å². The van der Waals surface area contributed by atoms with Crippen LogP contribution in [0.2, 0.25) is 0 Å². The highest BCUT2D eigenvalue weighted by molar-refractivity contribution is 5.93. The lowest BCUT2D eigenvalue weighted by Gasteiger charge is -2.29. The van der Waals surface area contributed by atoms with Crippen molar-refractivity contribution in [3.8, 4) is 5.75 Å². The van der Waals surface area contributed by atoms with Crippen molar-refractivity contribution in [3.05, 3.63) is 35.9 Å². The van der Waals surface area contributed by atoms with Gasteiger partial charge in [0.15, 0.2) is 0 Å². The highest BCUT2D eigenvalue weighted by Crippen LogP contribution is 2.32. The zero-order chi connectivity index (χ0) is 23.2. The van der Waals surface area contributed by atoms with Crippen molar-refractivity contribution in [2.24, 2.45) is 17.0 Å². The number of benzene rings is 1. The molecule has 1 aromatic carbocycles. The van der Waals surface area contributed by atoms with Crippen molar-refractivity contribution in [3.63, 3.8) is 0 Å². The van der Waals surface area contributed by atoms with Crippen LogP contribution >= 0.6 is 0 Å². The van der Waals surface area contributed by atoms with Crippen LogP contribution in [-0.2, 0) is 9.63 Å². The van der Waals surface area contributed by atoms with E-state index in [9.17, 15) is 9.59 Å². The molecule has 0 saturated carbocycles. The molecule has 0 aromatic heterocycles. The van der Waals surface area contributed by atoms with E-state index in [1.54, 1.807) is 0 Å². The molecule has 0 spiro atoms. The standard InChI is InChI=1S/C25H33N3O5/c1-32-26-22-12-15-28(16-22)24(29)21-4-2-19(3-5-21)20-6-8-23(9-7-20)33-17-18-10-13-27(14-11-18)25(30)31/h2,6-9,18,21H,3-5,10-17H2,1H3,(H,30,31)/b26-22-. The summed E-state index contributed by atoms with van der Waals surface area (Å²) < 4.78 is 5.96. The van der Waals surface area contributed by atoms with Crippen LogP contribution in [0, 0.1) is 11.8 Å². The number of amides is 2. The Morgan fingerprint density at radius 3 is 2.45 bits per heavy atom. The third-order valence-corrected chi connectivity index (χ3v) is 6.93. The number of hydrogen-bond donors (Lipinski definition) is 1. The highest BCUT2D eigenvalue weighted by atomic mass is 16.6. The van der Waals surface area contributed by atoms with E-state index in [1.807, 2.05) is 17.0 Å². The Bertz CT molecular complexity index is 903. The summed E-state index contributed by atoms with van der Waals surface area (Å²) in [6.45, 7) is 3.10. The Morgan fingerprint density at radius 2 is 1.82 bits per heavy atom. The van der Waals surface area contributed by atoms with Gasteiger partial charge in [-0.3, -0.25) is 4.79 Å². The van der Waals surface area contributed by atoms with E-state index >= 15 is 0 Å². The fraction of sp³-hybridized carbons (Fsp3) is 0.560. The third-order valence-electron chi connectivity index (χ3n) is 6.93. The molecule has 4 rings (SSSR count). The number of ether oxygens (including phenoxy) is 1. The van der Waals surface area contributed by atoms with Crippen LogP contribution in [0.5, 0.6) is 5.75 Å². The maximum atomic E-state index is 12.8. The van der Waals surface area contributed by atoms with E-state index < -0.39 is 6.09 Å². The third kappa shape index (κ3) is 5.86. The van der Waals surface area contributed by atoms with Crippen LogP contribution in [0.4, 0.5) is 4.79 Å². The van der Waals surface area contributed by atoms with E-state index in [-0.39, 0.29) is 11.8 Å². The van der Waals surface area contributed by atoms with Gasteiger partial charge >= 0.3 is 6.09 Å². The minimum Gasteiger partial charge on any atom is -0.493 e. The Hall–Kier alpha value is -3.03. The lowest BCUT2D eigenvalue weighted by molar-refractivity contribution is -0.134. The number of carbonyl (C=O) groups excluding carboxylic acids is 1. The number of hydrogen-bond acceptors (Lipinski definition) is 5. The molecule has 33 heavy (non-hydrogen) atoms. The van der Waals surface area contributed by atoms with Gasteiger partial charge in [0.25, 0.3) is 0 Å². The first kappa shape index (κ1) is 23.1. The molecule has 178 valence electrons. The molecule has 2 aliphatic heterocycles. The molecule has 8 nitrogen and oxygen atoms in total. The monoisotopic (exact) mass is 455 g/mol. The molecule has 1 aliphatic carbocycles. The van der Waals surface area contributed by atoms with E-state index in [4.69, 9.17) is 14.7 Å². The lowest BCUT2D eigenvalue weighted by atomic mass is 9.86. The fourth-order valence-electron chi connectivity index (χ4n) is 4.88. The predicted octanol–water partition coefficient (Wildman–Crippen LogP) is 3.87. The van der Waals surface area contributed by atoms with Crippen molar-refractivity contribution in [1.82, 2.24) is 9.80 Å². The van der Waals surface area contributed by atoms with Gasteiger partial charge in [-0.15, -0.1) is 0 Å². The summed E-state index contributed by atoms with van der Waals surface area (Å²) in [4.78, 5) is 32.1. The maximum absolute atomic E-state index is 12.8. The lowest BCUT2D eigenvalue weighted by Crippen LogP contribution is -2.38. The van der Waals surface area contributed by atoms with Crippen LogP contribution in [0.25, 0.3) is 5.57 Å². The van der Waals surface area contributed by atoms with Gasteiger partial charge in [0.2, 0.25) is 5.91 Å². The number of allylic oxidation sites excluding steroid dienone is 2. The summed E-state index contributed by atoms with van der Waals surface area (Å²) in [5.41, 5.74) is 3.40. The molecule has 0 radical (unpaired) electrons. The molecule has 2 amide bonds. The van der Waals surface area contributed by atoms with E-state index in [0.717, 1.165) is 56.5 Å². The number of likely N-dealkylation sites (tertiary alicyclic amines) is 2. The zero-order valence-electron chi connectivity index (χ0n) is 19.2. The van der Waals surface area contributed by atoms with Crippen molar-refractivity contribution in [2.75, 3.05) is 39.9 Å². The molecule has 1 N–H and O–H groups in total. The van der Waals surface area contributed by atoms with E-state index in [0.29, 0.717) is 32.2 Å². The topological polar surface area (TPSA) is 91.7 Å². The number of carbonyl (C=O) groups is 2. The van der Waals surface area contributed by atoms with Crippen molar-refractivity contribution < 1.29 is 24.3 Å². The Morgan fingerprint density at radius 1 is 1.06 bits per heavy atom. The van der Waals surface area contributed by atoms with Crippen LogP contribution in [-0.4, -0.2) is 72.5 Å². The number of carboxylic acid groups (broad SMARTS) is 1. The molecule has 2 fully saturated rings. The summed E-state index contributed by atoms with van der Waals surface area (Å²) in [5, 5.41) is 13.0. The largest absolute Gasteiger partial charge is 0.493 e. The molecule has 1 atom stereocenters. The second-order valence-corrected chi connectivity index (χ2v) is 9.10. The number of rotatable bonds is 6. The maximum Gasteiger partial charge on any atom is 0.407 e. The molecule has 8 heteroatoms. The van der Waals surface area contributed by atoms with Gasteiger partial charge in [-0.05, 0) is 61.3 Å². The minimum absolute atomic E-state index is 0.0470. The van der Waals surface area contributed by atoms with Crippen LogP contribution < -0.4 is 4.74 Å². The van der Waals surface area contributed by atoms with Gasteiger partial charge in [-0.25, -0.2) is 4.79 Å². The first-order valence-corrected chi connectivity index (χ1v) is 11.8. The summed E-state index contributed by atoms with van der Waals surface area (Å²) in [5.74, 6) is 1.50. The van der Waals surface area contributed by atoms with E-state index in [2.05, 4.69) is 23.4 Å². The molecule has 0 bridgehead atoms. The van der Waals surface area contributed by atoms with Gasteiger partial charge in [0.1, 0.15) is 12.9 Å². The first-order valence-electron chi connectivity index (χ1n) is 11.8. The SMILES string of the molecule is CO/N=C1/CCN(C(=O)C2CC=C(c3ccc(OCC4CCN(C(=O)O)CC4)cc3)CC2)C1. The molecule has 2 heterocycles.